The van der Waals surface area contributed by atoms with Gasteiger partial charge in [-0.25, -0.2) is 8.42 Å². The van der Waals surface area contributed by atoms with Crippen molar-refractivity contribution in [1.82, 2.24) is 5.32 Å². The normalized spacial score (nSPS) is 17.5. The van der Waals surface area contributed by atoms with E-state index in [1.807, 2.05) is 6.07 Å². The van der Waals surface area contributed by atoms with Crippen LogP contribution in [0.4, 0.5) is 11.4 Å². The molecule has 1 aliphatic heterocycles. The number of amides is 1. The molecule has 1 amide bonds. The van der Waals surface area contributed by atoms with Crippen molar-refractivity contribution in [2.45, 2.75) is 30.2 Å². The Balaban J connectivity index is 1.79. The van der Waals surface area contributed by atoms with Crippen molar-refractivity contribution in [3.8, 4) is 0 Å². The number of para-hydroxylation sites is 1. The number of benzene rings is 2. The molecule has 0 spiro atoms. The van der Waals surface area contributed by atoms with E-state index in [0.29, 0.717) is 11.4 Å². The summed E-state index contributed by atoms with van der Waals surface area (Å²) in [6.45, 7) is 0.828. The fourth-order valence-electron chi connectivity index (χ4n) is 2.97. The molecule has 7 heteroatoms. The molecule has 0 radical (unpaired) electrons. The van der Waals surface area contributed by atoms with Crippen molar-refractivity contribution in [2.24, 2.45) is 0 Å². The average Bonchev–Trinajstić information content (AvgIpc) is 2.69. The van der Waals surface area contributed by atoms with Crippen molar-refractivity contribution in [3.63, 3.8) is 0 Å². The lowest BCUT2D eigenvalue weighted by molar-refractivity contribution is -0.118. The van der Waals surface area contributed by atoms with Crippen LogP contribution in [0.5, 0.6) is 0 Å². The fourth-order valence-corrected chi connectivity index (χ4v) is 4.22. The highest BCUT2D eigenvalue weighted by Crippen LogP contribution is 2.24. The van der Waals surface area contributed by atoms with E-state index in [2.05, 4.69) is 10.6 Å². The van der Waals surface area contributed by atoms with Crippen LogP contribution in [0.15, 0.2) is 59.5 Å². The molecular formula is C19H23N3O3S. The minimum absolute atomic E-state index is 0.129. The number of carbonyl (C=O) groups excluding carboxylic acids is 1. The second-order valence-electron chi connectivity index (χ2n) is 6.33. The minimum atomic E-state index is -3.71. The third-order valence-electron chi connectivity index (χ3n) is 4.51. The molecule has 1 atom stereocenters. The van der Waals surface area contributed by atoms with Gasteiger partial charge < -0.3 is 10.6 Å². The number of rotatable bonds is 5. The molecule has 6 nitrogen and oxygen atoms in total. The standard InChI is InChI=1S/C19H23N3O3S/c1-22(16-9-3-2-4-10-16)26(24,25)17-11-7-8-15(14-17)21-19(23)18-12-5-6-13-20-18/h2-4,7-11,14,18,20H,5-6,12-13H2,1H3,(H,21,23). The smallest absolute Gasteiger partial charge is 0.264 e. The van der Waals surface area contributed by atoms with Crippen LogP contribution in [0, 0.1) is 0 Å². The van der Waals surface area contributed by atoms with Gasteiger partial charge in [0.25, 0.3) is 10.0 Å². The Bertz CT molecular complexity index is 863. The highest BCUT2D eigenvalue weighted by molar-refractivity contribution is 7.92. The maximum absolute atomic E-state index is 12.9. The van der Waals surface area contributed by atoms with E-state index in [1.54, 1.807) is 36.4 Å². The molecule has 0 bridgehead atoms. The topological polar surface area (TPSA) is 78.5 Å². The summed E-state index contributed by atoms with van der Waals surface area (Å²) in [5.74, 6) is -0.129. The summed E-state index contributed by atoms with van der Waals surface area (Å²) in [5, 5.41) is 6.00. The van der Waals surface area contributed by atoms with Crippen LogP contribution in [0.3, 0.4) is 0 Å². The second-order valence-corrected chi connectivity index (χ2v) is 8.30. The number of hydrogen-bond acceptors (Lipinski definition) is 4. The summed E-state index contributed by atoms with van der Waals surface area (Å²) in [7, 11) is -2.19. The zero-order valence-corrected chi connectivity index (χ0v) is 15.5. The molecule has 0 aliphatic carbocycles. The number of nitrogens with zero attached hydrogens (tertiary/aromatic N) is 1. The number of sulfonamides is 1. The number of anilines is 2. The molecule has 1 aliphatic rings. The summed E-state index contributed by atoms with van der Waals surface area (Å²) in [6, 6.07) is 15.0. The van der Waals surface area contributed by atoms with Gasteiger partial charge in [-0.3, -0.25) is 9.10 Å². The Morgan fingerprint density at radius 1 is 1.12 bits per heavy atom. The minimum Gasteiger partial charge on any atom is -0.325 e. The third kappa shape index (κ3) is 4.05. The lowest BCUT2D eigenvalue weighted by atomic mass is 10.0. The van der Waals surface area contributed by atoms with Crippen LogP contribution >= 0.6 is 0 Å². The summed E-state index contributed by atoms with van der Waals surface area (Å²) in [5.41, 5.74) is 1.05. The van der Waals surface area contributed by atoms with E-state index < -0.39 is 10.0 Å². The van der Waals surface area contributed by atoms with Crippen LogP contribution < -0.4 is 14.9 Å². The van der Waals surface area contributed by atoms with E-state index in [9.17, 15) is 13.2 Å². The molecule has 2 aromatic rings. The molecule has 1 heterocycles. The quantitative estimate of drug-likeness (QED) is 0.844. The molecule has 1 unspecified atom stereocenters. The molecule has 1 saturated heterocycles. The highest BCUT2D eigenvalue weighted by atomic mass is 32.2. The van der Waals surface area contributed by atoms with Crippen LogP contribution in [-0.2, 0) is 14.8 Å². The zero-order valence-electron chi connectivity index (χ0n) is 14.7. The fraction of sp³-hybridized carbons (Fsp3) is 0.316. The number of piperidine rings is 1. The van der Waals surface area contributed by atoms with Crippen LogP contribution in [-0.4, -0.2) is 34.0 Å². The monoisotopic (exact) mass is 373 g/mol. The Kier molecular flexibility index (Phi) is 5.58. The molecule has 3 rings (SSSR count). The molecule has 1 fully saturated rings. The Labute approximate surface area is 154 Å². The van der Waals surface area contributed by atoms with Crippen molar-refractivity contribution in [3.05, 3.63) is 54.6 Å². The van der Waals surface area contributed by atoms with Gasteiger partial charge in [-0.05, 0) is 49.7 Å². The lowest BCUT2D eigenvalue weighted by Crippen LogP contribution is -2.43. The Hall–Kier alpha value is -2.38. The zero-order chi connectivity index (χ0) is 18.6. The highest BCUT2D eigenvalue weighted by Gasteiger charge is 2.23. The molecule has 26 heavy (non-hydrogen) atoms. The van der Waals surface area contributed by atoms with Crippen molar-refractivity contribution < 1.29 is 13.2 Å². The number of nitrogens with one attached hydrogen (secondary N) is 2. The van der Waals surface area contributed by atoms with Crippen molar-refractivity contribution >= 4 is 27.3 Å². The molecule has 138 valence electrons. The van der Waals surface area contributed by atoms with E-state index in [0.717, 1.165) is 25.8 Å². The van der Waals surface area contributed by atoms with E-state index in [1.165, 1.54) is 23.5 Å². The maximum Gasteiger partial charge on any atom is 0.264 e. The maximum atomic E-state index is 12.9. The molecule has 2 N–H and O–H groups in total. The van der Waals surface area contributed by atoms with Gasteiger partial charge >= 0.3 is 0 Å². The van der Waals surface area contributed by atoms with Gasteiger partial charge in [-0.1, -0.05) is 30.7 Å². The first kappa shape index (κ1) is 18.4. The first-order valence-corrected chi connectivity index (χ1v) is 10.1. The van der Waals surface area contributed by atoms with Gasteiger partial charge in [0.1, 0.15) is 0 Å². The van der Waals surface area contributed by atoms with Crippen molar-refractivity contribution in [1.29, 1.82) is 0 Å². The Morgan fingerprint density at radius 2 is 1.88 bits per heavy atom. The van der Waals surface area contributed by atoms with E-state index >= 15 is 0 Å². The molecule has 2 aromatic carbocycles. The van der Waals surface area contributed by atoms with Gasteiger partial charge in [-0.2, -0.15) is 0 Å². The van der Waals surface area contributed by atoms with Crippen LogP contribution in [0.2, 0.25) is 0 Å². The van der Waals surface area contributed by atoms with Crippen molar-refractivity contribution in [2.75, 3.05) is 23.2 Å². The molecule has 0 saturated carbocycles. The third-order valence-corrected chi connectivity index (χ3v) is 6.29. The largest absolute Gasteiger partial charge is 0.325 e. The molecule has 0 aromatic heterocycles. The van der Waals surface area contributed by atoms with Gasteiger partial charge in [-0.15, -0.1) is 0 Å². The summed E-state index contributed by atoms with van der Waals surface area (Å²) in [6.07, 6.45) is 2.88. The molecular weight excluding hydrogens is 350 g/mol. The van der Waals surface area contributed by atoms with E-state index in [4.69, 9.17) is 0 Å². The number of hydrogen-bond donors (Lipinski definition) is 2. The first-order valence-electron chi connectivity index (χ1n) is 8.67. The van der Waals surface area contributed by atoms with Gasteiger partial charge in [0.15, 0.2) is 0 Å². The average molecular weight is 373 g/mol. The van der Waals surface area contributed by atoms with E-state index in [-0.39, 0.29) is 16.8 Å². The van der Waals surface area contributed by atoms with Crippen LogP contribution in [0.1, 0.15) is 19.3 Å². The van der Waals surface area contributed by atoms with Crippen LogP contribution in [0.25, 0.3) is 0 Å². The predicted molar refractivity (Wildman–Crippen MR) is 103 cm³/mol. The summed E-state index contributed by atoms with van der Waals surface area (Å²) < 4.78 is 27.0. The summed E-state index contributed by atoms with van der Waals surface area (Å²) in [4.78, 5) is 12.5. The second kappa shape index (κ2) is 7.88. The summed E-state index contributed by atoms with van der Waals surface area (Å²) >= 11 is 0. The SMILES string of the molecule is CN(c1ccccc1)S(=O)(=O)c1cccc(NC(=O)C2CCCCN2)c1. The van der Waals surface area contributed by atoms with Gasteiger partial charge in [0, 0.05) is 12.7 Å². The predicted octanol–water partition coefficient (Wildman–Crippen LogP) is 2.59. The first-order chi connectivity index (χ1) is 12.5. The Morgan fingerprint density at radius 3 is 2.58 bits per heavy atom. The number of carbonyl (C=O) groups is 1. The lowest BCUT2D eigenvalue weighted by Gasteiger charge is -2.23. The van der Waals surface area contributed by atoms with Gasteiger partial charge in [0.2, 0.25) is 5.91 Å². The van der Waals surface area contributed by atoms with Gasteiger partial charge in [0.05, 0.1) is 16.6 Å².